The van der Waals surface area contributed by atoms with Gasteiger partial charge in [0.05, 0.1) is 11.1 Å². The average molecular weight is 641 g/mol. The molecule has 5 rings (SSSR count). The summed E-state index contributed by atoms with van der Waals surface area (Å²) in [5, 5.41) is 2.66. The van der Waals surface area contributed by atoms with Crippen LogP contribution in [0.15, 0.2) is 47.5 Å². The van der Waals surface area contributed by atoms with Gasteiger partial charge in [-0.1, -0.05) is 19.9 Å². The molecule has 0 radical (unpaired) electrons. The van der Waals surface area contributed by atoms with Crippen LogP contribution in [0.1, 0.15) is 60.2 Å². The number of piperazine rings is 1. The lowest BCUT2D eigenvalue weighted by atomic mass is 9.91. The van der Waals surface area contributed by atoms with E-state index in [1.807, 2.05) is 24.8 Å². The largest absolute Gasteiger partial charge is 0.454 e. The van der Waals surface area contributed by atoms with E-state index < -0.39 is 23.6 Å². The van der Waals surface area contributed by atoms with Crippen molar-refractivity contribution < 1.29 is 27.1 Å². The molecule has 3 heterocycles. The Morgan fingerprint density at radius 3 is 2.52 bits per heavy atom. The topological polar surface area (TPSA) is 76.2 Å². The second-order valence-corrected chi connectivity index (χ2v) is 11.9. The van der Waals surface area contributed by atoms with Crippen LogP contribution >= 0.6 is 0 Å². The first kappa shape index (κ1) is 33.2. The number of benzene rings is 2. The molecule has 0 saturated carbocycles. The summed E-state index contributed by atoms with van der Waals surface area (Å²) in [6.45, 7) is 15.7. The number of alkyl halides is 3. The number of amides is 2. The second-order valence-electron chi connectivity index (χ2n) is 11.9. The molecular formula is C34H40F4N6O2. The van der Waals surface area contributed by atoms with E-state index in [1.165, 1.54) is 23.1 Å². The first-order chi connectivity index (χ1) is 21.9. The number of ether oxygens (including phenoxy) is 1. The van der Waals surface area contributed by atoms with Gasteiger partial charge in [-0.25, -0.2) is 14.2 Å². The van der Waals surface area contributed by atoms with Crippen LogP contribution in [0, 0.1) is 12.7 Å². The fraction of sp³-hybridized carbons (Fsp3) is 0.412. The molecule has 2 aromatic carbocycles. The van der Waals surface area contributed by atoms with Crippen molar-refractivity contribution in [2.24, 2.45) is 4.99 Å². The number of H-pyrrole nitrogens is 1. The molecule has 8 nitrogen and oxygen atoms in total. The van der Waals surface area contributed by atoms with E-state index in [2.05, 4.69) is 33.8 Å². The van der Waals surface area contributed by atoms with Gasteiger partial charge in [-0.15, -0.1) is 0 Å². The maximum Gasteiger partial charge on any atom is 0.416 e. The number of halogens is 4. The van der Waals surface area contributed by atoms with E-state index in [1.54, 1.807) is 19.1 Å². The number of fused-ring (bicyclic) bond motifs is 1. The third kappa shape index (κ3) is 7.28. The number of allylic oxidation sites excluding steroid dienone is 1. The number of aliphatic imine (C=N–C) groups is 1. The number of carbonyl (C=O) groups is 1. The van der Waals surface area contributed by atoms with Crippen molar-refractivity contribution >= 4 is 30.0 Å². The zero-order valence-electron chi connectivity index (χ0n) is 26.6. The molecule has 46 heavy (non-hydrogen) atoms. The summed E-state index contributed by atoms with van der Waals surface area (Å²) >= 11 is 0. The summed E-state index contributed by atoms with van der Waals surface area (Å²) in [7, 11) is 0. The highest BCUT2D eigenvalue weighted by Crippen LogP contribution is 2.37. The lowest BCUT2D eigenvalue weighted by Gasteiger charge is -2.34. The molecule has 12 heteroatoms. The molecule has 0 spiro atoms. The lowest BCUT2D eigenvalue weighted by Crippen LogP contribution is -2.45. The Hall–Kier alpha value is -4.16. The van der Waals surface area contributed by atoms with Crippen molar-refractivity contribution in [3.8, 4) is 5.75 Å². The Morgan fingerprint density at radius 2 is 1.87 bits per heavy atom. The number of urea groups is 1. The van der Waals surface area contributed by atoms with Crippen molar-refractivity contribution in [1.29, 1.82) is 0 Å². The zero-order valence-corrected chi connectivity index (χ0v) is 26.6. The molecule has 2 amide bonds. The third-order valence-electron chi connectivity index (χ3n) is 8.68. The monoisotopic (exact) mass is 640 g/mol. The summed E-state index contributed by atoms with van der Waals surface area (Å²) in [4.78, 5) is 26.2. The van der Waals surface area contributed by atoms with Gasteiger partial charge >= 0.3 is 12.2 Å². The third-order valence-corrected chi connectivity index (χ3v) is 8.68. The van der Waals surface area contributed by atoms with Gasteiger partial charge in [0.25, 0.3) is 0 Å². The predicted molar refractivity (Wildman–Crippen MR) is 172 cm³/mol. The van der Waals surface area contributed by atoms with Crippen LogP contribution in [0.25, 0.3) is 5.76 Å². The van der Waals surface area contributed by atoms with Crippen LogP contribution in [-0.2, 0) is 19.3 Å². The van der Waals surface area contributed by atoms with Crippen LogP contribution in [0.2, 0.25) is 0 Å². The summed E-state index contributed by atoms with van der Waals surface area (Å²) < 4.78 is 63.7. The van der Waals surface area contributed by atoms with Crippen molar-refractivity contribution in [3.05, 3.63) is 81.8 Å². The van der Waals surface area contributed by atoms with Gasteiger partial charge in [-0.2, -0.15) is 13.2 Å². The summed E-state index contributed by atoms with van der Waals surface area (Å²) in [6.07, 6.45) is -2.88. The van der Waals surface area contributed by atoms with Gasteiger partial charge < -0.3 is 24.8 Å². The number of hydrogen-bond acceptors (Lipinski definition) is 5. The molecule has 0 bridgehead atoms. The molecule has 2 aliphatic rings. The molecule has 2 N–H and O–H groups in total. The number of likely N-dealkylation sites (N-methyl/N-ethyl adjacent to an activating group) is 1. The molecule has 3 aromatic rings. The van der Waals surface area contributed by atoms with E-state index in [0.29, 0.717) is 35.8 Å². The van der Waals surface area contributed by atoms with Gasteiger partial charge in [0, 0.05) is 57.2 Å². The maximum atomic E-state index is 15.3. The van der Waals surface area contributed by atoms with Gasteiger partial charge in [0.2, 0.25) is 0 Å². The Bertz CT molecular complexity index is 1620. The number of nitrogens with zero attached hydrogens (tertiary/aromatic N) is 4. The number of rotatable bonds is 8. The van der Waals surface area contributed by atoms with Crippen molar-refractivity contribution in [2.45, 2.75) is 52.9 Å². The lowest BCUT2D eigenvalue weighted by molar-refractivity contribution is -0.138. The van der Waals surface area contributed by atoms with Crippen molar-refractivity contribution in [3.63, 3.8) is 0 Å². The van der Waals surface area contributed by atoms with Gasteiger partial charge in [0.15, 0.2) is 11.6 Å². The molecule has 0 aliphatic carbocycles. The fourth-order valence-corrected chi connectivity index (χ4v) is 6.18. The average Bonchev–Trinajstić information content (AvgIpc) is 3.41. The van der Waals surface area contributed by atoms with E-state index >= 15 is 4.39 Å². The Kier molecular flexibility index (Phi) is 9.88. The fourth-order valence-electron chi connectivity index (χ4n) is 6.18. The number of aryl methyl sites for hydroxylation is 1. The number of carbonyl (C=O) groups excluding carboxylic acids is 1. The van der Waals surface area contributed by atoms with Gasteiger partial charge in [-0.3, -0.25) is 4.90 Å². The first-order valence-corrected chi connectivity index (χ1v) is 15.4. The number of nitrogens with one attached hydrogen (secondary N) is 2. The Labute approximate surface area is 266 Å². The van der Waals surface area contributed by atoms with Gasteiger partial charge in [-0.05, 0) is 86.1 Å². The van der Waals surface area contributed by atoms with Crippen LogP contribution < -0.4 is 10.1 Å². The molecule has 1 aromatic heterocycles. The van der Waals surface area contributed by atoms with Crippen LogP contribution in [0.4, 0.5) is 33.9 Å². The highest BCUT2D eigenvalue weighted by atomic mass is 19.4. The van der Waals surface area contributed by atoms with E-state index in [0.717, 1.165) is 37.0 Å². The maximum absolute atomic E-state index is 15.3. The molecular weight excluding hydrogens is 600 g/mol. The number of aromatic amines is 1. The van der Waals surface area contributed by atoms with E-state index in [-0.39, 0.29) is 42.6 Å². The zero-order chi connectivity index (χ0) is 33.2. The second kappa shape index (κ2) is 13.7. The van der Waals surface area contributed by atoms with Crippen molar-refractivity contribution in [2.75, 3.05) is 44.6 Å². The minimum absolute atomic E-state index is 0.0170. The number of anilines is 1. The quantitative estimate of drug-likeness (QED) is 0.152. The summed E-state index contributed by atoms with van der Waals surface area (Å²) in [5.41, 5.74) is 2.37. The Balaban J connectivity index is 1.32. The Morgan fingerprint density at radius 1 is 1.15 bits per heavy atom. The molecule has 246 valence electrons. The highest BCUT2D eigenvalue weighted by molar-refractivity contribution is 5.89. The summed E-state index contributed by atoms with van der Waals surface area (Å²) in [6, 6.07) is 8.24. The van der Waals surface area contributed by atoms with E-state index in [9.17, 15) is 18.0 Å². The van der Waals surface area contributed by atoms with Gasteiger partial charge in [0.1, 0.15) is 11.6 Å². The first-order valence-electron chi connectivity index (χ1n) is 15.4. The minimum atomic E-state index is -4.58. The van der Waals surface area contributed by atoms with Crippen LogP contribution in [0.5, 0.6) is 5.75 Å². The predicted octanol–water partition coefficient (Wildman–Crippen LogP) is 7.54. The molecule has 1 unspecified atom stereocenters. The molecule has 2 aliphatic heterocycles. The molecule has 1 atom stereocenters. The van der Waals surface area contributed by atoms with E-state index in [4.69, 9.17) is 4.74 Å². The highest BCUT2D eigenvalue weighted by Gasteiger charge is 2.35. The summed E-state index contributed by atoms with van der Waals surface area (Å²) in [5.74, 6) is 0.101. The normalized spacial score (nSPS) is 18.0. The smallest absolute Gasteiger partial charge is 0.416 e. The van der Waals surface area contributed by atoms with Crippen LogP contribution in [-0.4, -0.2) is 71.7 Å². The number of aromatic nitrogens is 1. The van der Waals surface area contributed by atoms with Crippen molar-refractivity contribution in [1.82, 2.24) is 19.7 Å². The minimum Gasteiger partial charge on any atom is -0.454 e. The molecule has 1 fully saturated rings. The SMILES string of the molecule is C=Nc1[nH]c(C)cc1/C(=C\C)Oc1cc2c(cc1F)C(C)CN(C(=O)Nc1ccc(CN3CCN(CC)CC3)c(C(F)(F)F)c1)C2. The number of hydrogen-bond donors (Lipinski definition) is 2. The standard InChI is InChI=1S/C34H40F4N6O2/c1-6-30(27-14-22(4)40-32(27)39-5)46-31-15-24-20-44(18-21(3)26(24)17-29(31)35)33(45)41-25-9-8-23(28(16-25)34(36,37)38)19-43-12-10-42(7-2)11-13-43/h6,8-9,14-17,21,40H,5,7,10-13,18-20H2,1-4H3,(H,41,45)/b30-6+. The molecule has 1 saturated heterocycles. The van der Waals surface area contributed by atoms with Crippen LogP contribution in [0.3, 0.4) is 0 Å².